The van der Waals surface area contributed by atoms with Gasteiger partial charge in [0.15, 0.2) is 11.5 Å². The lowest BCUT2D eigenvalue weighted by Gasteiger charge is -2.14. The highest BCUT2D eigenvalue weighted by Crippen LogP contribution is 2.33. The molecule has 0 bridgehead atoms. The number of terminal acetylenes is 1. The van der Waals surface area contributed by atoms with Gasteiger partial charge in [-0.1, -0.05) is 6.92 Å². The van der Waals surface area contributed by atoms with E-state index < -0.39 is 0 Å². The Kier molecular flexibility index (Phi) is 7.03. The van der Waals surface area contributed by atoms with Crippen molar-refractivity contribution in [3.8, 4) is 23.8 Å². The van der Waals surface area contributed by atoms with Crippen molar-refractivity contribution in [3.63, 3.8) is 0 Å². The summed E-state index contributed by atoms with van der Waals surface area (Å²) in [5, 5.41) is 0. The average Bonchev–Trinajstić information content (AvgIpc) is 2.46. The Bertz CT molecular complexity index is 540. The number of aryl methyl sites for hydroxylation is 1. The van der Waals surface area contributed by atoms with Crippen LogP contribution in [0.25, 0.3) is 0 Å². The van der Waals surface area contributed by atoms with Gasteiger partial charge in [-0.25, -0.2) is 0 Å². The Morgan fingerprint density at radius 2 is 2.19 bits per heavy atom. The molecule has 112 valence electrons. The molecule has 21 heavy (non-hydrogen) atoms. The first kappa shape index (κ1) is 16.8. The normalized spacial score (nSPS) is 9.76. The molecule has 0 aliphatic carbocycles. The smallest absolute Gasteiger partial charge is 0.311 e. The van der Waals surface area contributed by atoms with Gasteiger partial charge in [0.05, 0.1) is 6.61 Å². The fourth-order valence-corrected chi connectivity index (χ4v) is 1.80. The number of rotatable bonds is 8. The minimum atomic E-state index is -0.312. The summed E-state index contributed by atoms with van der Waals surface area (Å²) in [5.41, 5.74) is 1.17. The van der Waals surface area contributed by atoms with E-state index in [4.69, 9.17) is 15.9 Å². The van der Waals surface area contributed by atoms with E-state index in [9.17, 15) is 9.59 Å². The molecule has 0 amide bonds. The Morgan fingerprint density at radius 3 is 2.81 bits per heavy atom. The maximum absolute atomic E-state index is 11.7. The van der Waals surface area contributed by atoms with Crippen molar-refractivity contribution in [2.24, 2.45) is 0 Å². The monoisotopic (exact) mass is 288 g/mol. The van der Waals surface area contributed by atoms with E-state index in [1.54, 1.807) is 19.1 Å². The zero-order valence-corrected chi connectivity index (χ0v) is 12.5. The summed E-state index contributed by atoms with van der Waals surface area (Å²) < 4.78 is 11.0. The molecule has 0 saturated heterocycles. The number of unbranched alkanes of at least 4 members (excludes halogenated alkanes) is 1. The third kappa shape index (κ3) is 5.31. The minimum absolute atomic E-state index is 0.312. The first-order valence-corrected chi connectivity index (χ1v) is 6.99. The van der Waals surface area contributed by atoms with E-state index in [-0.39, 0.29) is 5.97 Å². The Morgan fingerprint density at radius 1 is 1.43 bits per heavy atom. The SMILES string of the molecule is C#CCCCOc1cc(C=O)cc(C)c1OC(=O)CCC. The lowest BCUT2D eigenvalue weighted by molar-refractivity contribution is -0.134. The summed E-state index contributed by atoms with van der Waals surface area (Å²) >= 11 is 0. The van der Waals surface area contributed by atoms with Crippen LogP contribution in [-0.4, -0.2) is 18.9 Å². The molecule has 0 spiro atoms. The predicted octanol–water partition coefficient (Wildman–Crippen LogP) is 3.31. The molecule has 0 N–H and O–H groups in total. The number of benzene rings is 1. The lowest BCUT2D eigenvalue weighted by Crippen LogP contribution is -2.10. The summed E-state index contributed by atoms with van der Waals surface area (Å²) in [6, 6.07) is 3.24. The molecule has 0 aromatic heterocycles. The molecule has 0 unspecified atom stereocenters. The quantitative estimate of drug-likeness (QED) is 0.242. The molecule has 0 aliphatic rings. The molecule has 0 aliphatic heterocycles. The van der Waals surface area contributed by atoms with E-state index in [1.807, 2.05) is 6.92 Å². The van der Waals surface area contributed by atoms with Gasteiger partial charge in [-0.2, -0.15) is 0 Å². The van der Waals surface area contributed by atoms with E-state index in [2.05, 4.69) is 5.92 Å². The largest absolute Gasteiger partial charge is 0.490 e. The zero-order chi connectivity index (χ0) is 15.7. The first-order chi connectivity index (χ1) is 10.1. The second-order valence-electron chi connectivity index (χ2n) is 4.66. The van der Waals surface area contributed by atoms with Gasteiger partial charge in [-0.05, 0) is 37.5 Å². The van der Waals surface area contributed by atoms with Gasteiger partial charge < -0.3 is 9.47 Å². The molecule has 0 heterocycles. The lowest BCUT2D eigenvalue weighted by atomic mass is 10.1. The van der Waals surface area contributed by atoms with Crippen LogP contribution < -0.4 is 9.47 Å². The van der Waals surface area contributed by atoms with Crippen LogP contribution in [0.3, 0.4) is 0 Å². The van der Waals surface area contributed by atoms with Crippen LogP contribution in [0.2, 0.25) is 0 Å². The minimum Gasteiger partial charge on any atom is -0.490 e. The molecule has 0 atom stereocenters. The van der Waals surface area contributed by atoms with Crippen LogP contribution in [0.15, 0.2) is 12.1 Å². The molecule has 1 rings (SSSR count). The van der Waals surface area contributed by atoms with Gasteiger partial charge in [0.1, 0.15) is 6.29 Å². The number of carbonyl (C=O) groups is 2. The number of aldehydes is 1. The van der Waals surface area contributed by atoms with Gasteiger partial charge in [0, 0.05) is 18.4 Å². The highest BCUT2D eigenvalue weighted by molar-refractivity contribution is 5.79. The summed E-state index contributed by atoms with van der Waals surface area (Å²) in [5.74, 6) is 2.99. The molecule has 1 aromatic carbocycles. The van der Waals surface area contributed by atoms with Crippen LogP contribution in [0.1, 0.15) is 48.5 Å². The van der Waals surface area contributed by atoms with Crippen molar-refractivity contribution in [2.75, 3.05) is 6.61 Å². The van der Waals surface area contributed by atoms with E-state index in [1.165, 1.54) is 0 Å². The standard InChI is InChI=1S/C17H20O4/c1-4-6-7-9-20-15-11-14(12-18)10-13(3)17(15)21-16(19)8-5-2/h1,10-12H,5-9H2,2-3H3. The fourth-order valence-electron chi connectivity index (χ4n) is 1.80. The molecule has 0 saturated carbocycles. The average molecular weight is 288 g/mol. The van der Waals surface area contributed by atoms with Crippen molar-refractivity contribution >= 4 is 12.3 Å². The first-order valence-electron chi connectivity index (χ1n) is 6.99. The second kappa shape index (κ2) is 8.80. The highest BCUT2D eigenvalue weighted by Gasteiger charge is 2.14. The van der Waals surface area contributed by atoms with Crippen LogP contribution in [0, 0.1) is 19.3 Å². The maximum Gasteiger partial charge on any atom is 0.311 e. The molecular weight excluding hydrogens is 268 g/mol. The third-order valence-corrected chi connectivity index (χ3v) is 2.79. The molecule has 4 heteroatoms. The van der Waals surface area contributed by atoms with Crippen LogP contribution in [-0.2, 0) is 4.79 Å². The third-order valence-electron chi connectivity index (χ3n) is 2.79. The molecule has 1 aromatic rings. The predicted molar refractivity (Wildman–Crippen MR) is 80.7 cm³/mol. The Hall–Kier alpha value is -2.28. The Labute approximate surface area is 125 Å². The summed E-state index contributed by atoms with van der Waals surface area (Å²) in [7, 11) is 0. The number of carbonyl (C=O) groups excluding carboxylic acids is 2. The van der Waals surface area contributed by atoms with Gasteiger partial charge >= 0.3 is 5.97 Å². The number of hydrogen-bond acceptors (Lipinski definition) is 4. The van der Waals surface area contributed by atoms with Crippen molar-refractivity contribution in [2.45, 2.75) is 39.5 Å². The van der Waals surface area contributed by atoms with Gasteiger partial charge in [0.25, 0.3) is 0 Å². The van der Waals surface area contributed by atoms with Crippen LogP contribution in [0.5, 0.6) is 11.5 Å². The summed E-state index contributed by atoms with van der Waals surface area (Å²) in [6.07, 6.45) is 8.28. The van der Waals surface area contributed by atoms with Gasteiger partial charge in [-0.15, -0.1) is 12.3 Å². The van der Waals surface area contributed by atoms with Crippen LogP contribution in [0.4, 0.5) is 0 Å². The molecule has 4 nitrogen and oxygen atoms in total. The van der Waals surface area contributed by atoms with Crippen molar-refractivity contribution in [3.05, 3.63) is 23.3 Å². The van der Waals surface area contributed by atoms with Crippen molar-refractivity contribution in [1.29, 1.82) is 0 Å². The number of ether oxygens (including phenoxy) is 2. The van der Waals surface area contributed by atoms with Crippen molar-refractivity contribution in [1.82, 2.24) is 0 Å². The number of esters is 1. The van der Waals surface area contributed by atoms with Crippen molar-refractivity contribution < 1.29 is 19.1 Å². The topological polar surface area (TPSA) is 52.6 Å². The zero-order valence-electron chi connectivity index (χ0n) is 12.5. The molecular formula is C17H20O4. The fraction of sp³-hybridized carbons (Fsp3) is 0.412. The Balaban J connectivity index is 2.94. The summed E-state index contributed by atoms with van der Waals surface area (Å²) in [4.78, 5) is 22.6. The molecule has 0 radical (unpaired) electrons. The van der Waals surface area contributed by atoms with Gasteiger partial charge in [-0.3, -0.25) is 9.59 Å². The van der Waals surface area contributed by atoms with E-state index >= 15 is 0 Å². The summed E-state index contributed by atoms with van der Waals surface area (Å²) in [6.45, 7) is 4.08. The maximum atomic E-state index is 11.7. The highest BCUT2D eigenvalue weighted by atomic mass is 16.6. The second-order valence-corrected chi connectivity index (χ2v) is 4.66. The van der Waals surface area contributed by atoms with E-state index in [0.29, 0.717) is 54.9 Å². The van der Waals surface area contributed by atoms with Crippen LogP contribution >= 0.6 is 0 Å². The molecule has 0 fully saturated rings. The number of hydrogen-bond donors (Lipinski definition) is 0. The van der Waals surface area contributed by atoms with E-state index in [0.717, 1.165) is 6.29 Å². The van der Waals surface area contributed by atoms with Gasteiger partial charge in [0.2, 0.25) is 0 Å².